The maximum absolute atomic E-state index is 5.89. The van der Waals surface area contributed by atoms with Crippen LogP contribution >= 0.6 is 11.3 Å². The van der Waals surface area contributed by atoms with Gasteiger partial charge < -0.3 is 4.42 Å². The largest absolute Gasteiger partial charge is 0.415 e. The molecular weight excluding hydrogens is 366 g/mol. The summed E-state index contributed by atoms with van der Waals surface area (Å²) in [6, 6.07) is 17.8. The summed E-state index contributed by atoms with van der Waals surface area (Å²) in [5.41, 5.74) is 3.04. The number of nitrogens with zero attached hydrogens (tertiary/aromatic N) is 3. The van der Waals surface area contributed by atoms with Crippen molar-refractivity contribution in [3.05, 3.63) is 76.9 Å². The van der Waals surface area contributed by atoms with Crippen molar-refractivity contribution in [1.29, 1.82) is 0 Å². The molecule has 0 aliphatic carbocycles. The first kappa shape index (κ1) is 18.1. The summed E-state index contributed by atoms with van der Waals surface area (Å²) < 4.78 is 5.89. The highest BCUT2D eigenvalue weighted by atomic mass is 32.1. The molecule has 5 heteroatoms. The van der Waals surface area contributed by atoms with Crippen LogP contribution in [0.4, 0.5) is 0 Å². The van der Waals surface area contributed by atoms with Gasteiger partial charge in [-0.25, -0.2) is 4.98 Å². The van der Waals surface area contributed by atoms with E-state index < -0.39 is 0 Å². The predicted molar refractivity (Wildman–Crippen MR) is 112 cm³/mol. The van der Waals surface area contributed by atoms with E-state index in [0.29, 0.717) is 11.8 Å². The monoisotopic (exact) mass is 385 g/mol. The zero-order chi connectivity index (χ0) is 19.6. The van der Waals surface area contributed by atoms with Gasteiger partial charge in [-0.05, 0) is 59.2 Å². The molecule has 0 saturated heterocycles. The SMILES string of the molecule is CC(C)(C)c1ccc(-c2nnc(-c3ccc(C#Cc4ccccn4)s3)o2)cc1. The minimum absolute atomic E-state index is 0.113. The summed E-state index contributed by atoms with van der Waals surface area (Å²) in [6.07, 6.45) is 1.73. The second kappa shape index (κ2) is 7.41. The van der Waals surface area contributed by atoms with Crippen molar-refractivity contribution in [1.82, 2.24) is 15.2 Å². The molecule has 0 atom stereocenters. The van der Waals surface area contributed by atoms with Crippen LogP contribution in [-0.2, 0) is 5.41 Å². The molecule has 0 aliphatic rings. The molecule has 0 saturated carbocycles. The summed E-state index contributed by atoms with van der Waals surface area (Å²) in [7, 11) is 0. The van der Waals surface area contributed by atoms with Crippen LogP contribution in [0.2, 0.25) is 0 Å². The molecule has 0 aliphatic heterocycles. The molecule has 4 nitrogen and oxygen atoms in total. The Morgan fingerprint density at radius 3 is 2.36 bits per heavy atom. The Hall–Kier alpha value is -3.23. The van der Waals surface area contributed by atoms with Crippen molar-refractivity contribution >= 4 is 11.3 Å². The third-order valence-electron chi connectivity index (χ3n) is 4.22. The van der Waals surface area contributed by atoms with E-state index in [1.807, 2.05) is 42.5 Å². The van der Waals surface area contributed by atoms with Crippen LogP contribution in [0.15, 0.2) is 65.2 Å². The Balaban J connectivity index is 1.54. The molecule has 1 aromatic carbocycles. The minimum Gasteiger partial charge on any atom is -0.415 e. The highest BCUT2D eigenvalue weighted by molar-refractivity contribution is 7.15. The van der Waals surface area contributed by atoms with Gasteiger partial charge in [-0.15, -0.1) is 21.5 Å². The van der Waals surface area contributed by atoms with E-state index in [-0.39, 0.29) is 5.41 Å². The minimum atomic E-state index is 0.113. The number of pyridine rings is 1. The Morgan fingerprint density at radius 1 is 0.857 bits per heavy atom. The molecule has 0 unspecified atom stereocenters. The molecule has 0 spiro atoms. The van der Waals surface area contributed by atoms with Gasteiger partial charge in [-0.3, -0.25) is 0 Å². The van der Waals surface area contributed by atoms with Crippen LogP contribution in [0, 0.1) is 11.8 Å². The van der Waals surface area contributed by atoms with E-state index in [2.05, 4.69) is 59.9 Å². The fourth-order valence-corrected chi connectivity index (χ4v) is 3.42. The average molecular weight is 385 g/mol. The molecule has 0 bridgehead atoms. The molecule has 4 aromatic rings. The van der Waals surface area contributed by atoms with Crippen LogP contribution in [0.3, 0.4) is 0 Å². The van der Waals surface area contributed by atoms with Gasteiger partial charge in [0.1, 0.15) is 5.69 Å². The second-order valence-electron chi connectivity index (χ2n) is 7.37. The number of aromatic nitrogens is 3. The Morgan fingerprint density at radius 2 is 1.64 bits per heavy atom. The normalized spacial score (nSPS) is 11.1. The smallest absolute Gasteiger partial charge is 0.258 e. The van der Waals surface area contributed by atoms with Crippen molar-refractivity contribution in [3.8, 4) is 34.1 Å². The Bertz CT molecular complexity index is 1140. The lowest BCUT2D eigenvalue weighted by molar-refractivity contribution is 0.583. The van der Waals surface area contributed by atoms with Crippen LogP contribution in [-0.4, -0.2) is 15.2 Å². The van der Waals surface area contributed by atoms with Crippen molar-refractivity contribution in [2.75, 3.05) is 0 Å². The molecule has 0 amide bonds. The van der Waals surface area contributed by atoms with Crippen LogP contribution in [0.5, 0.6) is 0 Å². The zero-order valence-corrected chi connectivity index (χ0v) is 16.7. The van der Waals surface area contributed by atoms with Gasteiger partial charge in [-0.2, -0.15) is 0 Å². The van der Waals surface area contributed by atoms with E-state index in [1.54, 1.807) is 6.20 Å². The zero-order valence-electron chi connectivity index (χ0n) is 15.9. The number of thiophene rings is 1. The average Bonchev–Trinajstić information content (AvgIpc) is 3.36. The van der Waals surface area contributed by atoms with Gasteiger partial charge >= 0.3 is 0 Å². The van der Waals surface area contributed by atoms with E-state index in [9.17, 15) is 0 Å². The molecule has 0 N–H and O–H groups in total. The van der Waals surface area contributed by atoms with Gasteiger partial charge in [-0.1, -0.05) is 39.0 Å². The second-order valence-corrected chi connectivity index (χ2v) is 8.45. The van der Waals surface area contributed by atoms with Crippen molar-refractivity contribution in [2.24, 2.45) is 0 Å². The number of rotatable bonds is 2. The summed E-state index contributed by atoms with van der Waals surface area (Å²) >= 11 is 1.52. The van der Waals surface area contributed by atoms with Crippen LogP contribution in [0.1, 0.15) is 36.9 Å². The van der Waals surface area contributed by atoms with Crippen molar-refractivity contribution < 1.29 is 4.42 Å². The molecule has 0 radical (unpaired) electrons. The number of hydrogen-bond acceptors (Lipinski definition) is 5. The fraction of sp³-hybridized carbons (Fsp3) is 0.174. The lowest BCUT2D eigenvalue weighted by atomic mass is 9.87. The van der Waals surface area contributed by atoms with E-state index in [1.165, 1.54) is 16.9 Å². The molecule has 3 aromatic heterocycles. The van der Waals surface area contributed by atoms with Gasteiger partial charge in [0, 0.05) is 11.8 Å². The first-order valence-corrected chi connectivity index (χ1v) is 9.78. The lowest BCUT2D eigenvalue weighted by Crippen LogP contribution is -2.10. The highest BCUT2D eigenvalue weighted by Crippen LogP contribution is 2.30. The molecular formula is C23H19N3OS. The van der Waals surface area contributed by atoms with Crippen LogP contribution in [0.25, 0.3) is 22.2 Å². The first-order chi connectivity index (χ1) is 13.5. The van der Waals surface area contributed by atoms with Gasteiger partial charge in [0.15, 0.2) is 0 Å². The van der Waals surface area contributed by atoms with Crippen LogP contribution < -0.4 is 0 Å². The first-order valence-electron chi connectivity index (χ1n) is 8.97. The Labute approximate surface area is 168 Å². The molecule has 3 heterocycles. The van der Waals surface area contributed by atoms with E-state index >= 15 is 0 Å². The van der Waals surface area contributed by atoms with Gasteiger partial charge in [0.05, 0.1) is 9.75 Å². The summed E-state index contributed by atoms with van der Waals surface area (Å²) in [4.78, 5) is 6.03. The maximum atomic E-state index is 5.89. The molecule has 4 rings (SSSR count). The number of hydrogen-bond donors (Lipinski definition) is 0. The summed E-state index contributed by atoms with van der Waals surface area (Å²) in [5.74, 6) is 7.21. The van der Waals surface area contributed by atoms with Crippen molar-refractivity contribution in [3.63, 3.8) is 0 Å². The van der Waals surface area contributed by atoms with Gasteiger partial charge in [0.25, 0.3) is 5.89 Å². The lowest BCUT2D eigenvalue weighted by Gasteiger charge is -2.18. The standard InChI is InChI=1S/C23H19N3OS/c1-23(2,3)17-9-7-16(8-10-17)21-25-26-22(27-21)20-14-13-19(28-20)12-11-18-6-4-5-15-24-18/h4-10,13-15H,1-3H3. The molecule has 28 heavy (non-hydrogen) atoms. The molecule has 0 fully saturated rings. The predicted octanol–water partition coefficient (Wildman–Crippen LogP) is 5.56. The quantitative estimate of drug-likeness (QED) is 0.424. The molecule has 138 valence electrons. The third kappa shape index (κ3) is 4.03. The highest BCUT2D eigenvalue weighted by Gasteiger charge is 2.15. The van der Waals surface area contributed by atoms with Gasteiger partial charge in [0.2, 0.25) is 5.89 Å². The fourth-order valence-electron chi connectivity index (χ4n) is 2.63. The number of benzene rings is 1. The van der Waals surface area contributed by atoms with E-state index in [4.69, 9.17) is 4.42 Å². The Kier molecular flexibility index (Phi) is 4.81. The summed E-state index contributed by atoms with van der Waals surface area (Å²) in [6.45, 7) is 6.58. The van der Waals surface area contributed by atoms with Crippen molar-refractivity contribution in [2.45, 2.75) is 26.2 Å². The van der Waals surface area contributed by atoms with E-state index in [0.717, 1.165) is 21.0 Å². The summed E-state index contributed by atoms with van der Waals surface area (Å²) in [5, 5.41) is 8.40. The topological polar surface area (TPSA) is 51.8 Å². The maximum Gasteiger partial charge on any atom is 0.258 e. The third-order valence-corrected chi connectivity index (χ3v) is 5.21.